The molecular formula is C56H109NO10. The van der Waals surface area contributed by atoms with E-state index < -0.39 is 74.2 Å². The summed E-state index contributed by atoms with van der Waals surface area (Å²) in [6.07, 6.45) is 41.2. The van der Waals surface area contributed by atoms with Crippen LogP contribution in [-0.2, 0) is 14.3 Å². The smallest absolute Gasteiger partial charge is 0.249 e. The van der Waals surface area contributed by atoms with Crippen LogP contribution in [0.4, 0.5) is 0 Å². The van der Waals surface area contributed by atoms with Gasteiger partial charge in [-0.25, -0.2) is 0 Å². The molecule has 398 valence electrons. The maximum Gasteiger partial charge on any atom is 0.249 e. The van der Waals surface area contributed by atoms with E-state index in [1.807, 2.05) is 0 Å². The second-order valence-corrected chi connectivity index (χ2v) is 20.4. The number of aliphatic hydroxyl groups is 7. The minimum absolute atomic E-state index is 0.259. The van der Waals surface area contributed by atoms with Crippen molar-refractivity contribution in [2.45, 2.75) is 326 Å². The molecular weight excluding hydrogens is 847 g/mol. The van der Waals surface area contributed by atoms with Gasteiger partial charge in [-0.15, -0.1) is 0 Å². The number of nitrogens with one attached hydrogen (secondary N) is 1. The van der Waals surface area contributed by atoms with Crippen molar-refractivity contribution in [1.29, 1.82) is 0 Å². The zero-order chi connectivity index (χ0) is 49.0. The van der Waals surface area contributed by atoms with E-state index in [1.54, 1.807) is 0 Å². The summed E-state index contributed by atoms with van der Waals surface area (Å²) in [6.45, 7) is 3.47. The van der Waals surface area contributed by atoms with Gasteiger partial charge in [0.15, 0.2) is 6.29 Å². The van der Waals surface area contributed by atoms with Gasteiger partial charge in [-0.05, 0) is 38.5 Å². The van der Waals surface area contributed by atoms with Crippen LogP contribution >= 0.6 is 0 Å². The molecule has 0 aromatic rings. The molecule has 0 bridgehead atoms. The largest absolute Gasteiger partial charge is 0.394 e. The van der Waals surface area contributed by atoms with E-state index in [1.165, 1.54) is 193 Å². The third-order valence-corrected chi connectivity index (χ3v) is 14.1. The van der Waals surface area contributed by atoms with E-state index >= 15 is 0 Å². The van der Waals surface area contributed by atoms with Crippen LogP contribution < -0.4 is 5.32 Å². The van der Waals surface area contributed by atoms with Crippen molar-refractivity contribution in [3.63, 3.8) is 0 Å². The standard InChI is InChI=1S/C56H109NO10/c1-3-5-7-9-11-13-15-17-19-21-23-24-26-28-30-32-34-36-38-40-42-44-49(60)55(65)57-47(46-66-56-54(64)53(63)52(62)50(45-58)67-56)51(61)48(59)43-41-39-37-35-33-31-29-27-25-22-20-18-16-14-12-10-8-6-4-2/h35,37,47-54,56,58-64H,3-34,36,38-46H2,1-2H3,(H,57,65)/b37-35+. The molecule has 67 heavy (non-hydrogen) atoms. The van der Waals surface area contributed by atoms with E-state index in [-0.39, 0.29) is 12.8 Å². The van der Waals surface area contributed by atoms with Crippen molar-refractivity contribution in [3.05, 3.63) is 12.2 Å². The molecule has 1 fully saturated rings. The highest BCUT2D eigenvalue weighted by atomic mass is 16.7. The number of allylic oxidation sites excluding steroid dienone is 2. The van der Waals surface area contributed by atoms with Crippen LogP contribution in [0.2, 0.25) is 0 Å². The first-order valence-corrected chi connectivity index (χ1v) is 28.6. The number of carbonyl (C=O) groups excluding carboxylic acids is 1. The Morgan fingerprint density at radius 3 is 1.28 bits per heavy atom. The fraction of sp³-hybridized carbons (Fsp3) is 0.946. The Bertz CT molecular complexity index is 1100. The Kier molecular flexibility index (Phi) is 43.8. The summed E-state index contributed by atoms with van der Waals surface area (Å²) in [5.41, 5.74) is 0. The van der Waals surface area contributed by atoms with E-state index in [0.29, 0.717) is 12.8 Å². The number of amides is 1. The predicted molar refractivity (Wildman–Crippen MR) is 275 cm³/mol. The third-order valence-electron chi connectivity index (χ3n) is 14.1. The maximum atomic E-state index is 13.2. The first kappa shape index (κ1) is 63.9. The molecule has 0 aromatic carbocycles. The Morgan fingerprint density at radius 1 is 0.507 bits per heavy atom. The number of hydrogen-bond acceptors (Lipinski definition) is 10. The van der Waals surface area contributed by atoms with Crippen LogP contribution in [0.1, 0.15) is 271 Å². The van der Waals surface area contributed by atoms with Crippen molar-refractivity contribution in [2.75, 3.05) is 13.2 Å². The number of carbonyl (C=O) groups is 1. The summed E-state index contributed by atoms with van der Waals surface area (Å²) in [5.74, 6) is -0.701. The molecule has 9 unspecified atom stereocenters. The van der Waals surface area contributed by atoms with E-state index in [9.17, 15) is 40.5 Å². The number of aliphatic hydroxyl groups excluding tert-OH is 7. The number of unbranched alkanes of at least 4 members (excludes halogenated alkanes) is 35. The number of hydrogen-bond donors (Lipinski definition) is 8. The van der Waals surface area contributed by atoms with Crippen molar-refractivity contribution in [2.24, 2.45) is 0 Å². The Morgan fingerprint density at radius 2 is 0.881 bits per heavy atom. The highest BCUT2D eigenvalue weighted by Gasteiger charge is 2.44. The van der Waals surface area contributed by atoms with Gasteiger partial charge in [0.2, 0.25) is 5.91 Å². The summed E-state index contributed by atoms with van der Waals surface area (Å²) in [7, 11) is 0. The van der Waals surface area contributed by atoms with Crippen LogP contribution in [0.5, 0.6) is 0 Å². The van der Waals surface area contributed by atoms with Crippen LogP contribution in [0.25, 0.3) is 0 Å². The fourth-order valence-corrected chi connectivity index (χ4v) is 9.39. The zero-order valence-electron chi connectivity index (χ0n) is 43.4. The lowest BCUT2D eigenvalue weighted by molar-refractivity contribution is -0.303. The first-order valence-electron chi connectivity index (χ1n) is 28.6. The lowest BCUT2D eigenvalue weighted by Gasteiger charge is -2.40. The SMILES string of the molecule is CCCCCCCCCCCCCCCC/C=C/CCCC(O)C(O)C(COC1OC(CO)C(O)C(O)C1O)NC(=O)C(O)CCCCCCCCCCCCCCCCCCCCCCC. The monoisotopic (exact) mass is 956 g/mol. The third kappa shape index (κ3) is 34.8. The van der Waals surface area contributed by atoms with Gasteiger partial charge < -0.3 is 50.5 Å². The van der Waals surface area contributed by atoms with E-state index in [2.05, 4.69) is 31.3 Å². The Balaban J connectivity index is 2.33. The van der Waals surface area contributed by atoms with Crippen molar-refractivity contribution >= 4 is 5.91 Å². The highest BCUT2D eigenvalue weighted by molar-refractivity contribution is 5.80. The normalized spacial score (nSPS) is 20.6. The zero-order valence-corrected chi connectivity index (χ0v) is 43.4. The van der Waals surface area contributed by atoms with Gasteiger partial charge in [0, 0.05) is 0 Å². The Labute approximate surface area is 411 Å². The molecule has 1 saturated heterocycles. The maximum absolute atomic E-state index is 13.2. The lowest BCUT2D eigenvalue weighted by Crippen LogP contribution is -2.60. The molecule has 11 heteroatoms. The molecule has 0 spiro atoms. The molecule has 8 N–H and O–H groups in total. The molecule has 0 aliphatic carbocycles. The lowest BCUT2D eigenvalue weighted by atomic mass is 9.98. The van der Waals surface area contributed by atoms with Gasteiger partial charge in [0.05, 0.1) is 25.4 Å². The molecule has 1 aliphatic rings. The summed E-state index contributed by atoms with van der Waals surface area (Å²) in [6, 6.07) is -1.18. The van der Waals surface area contributed by atoms with Crippen LogP contribution in [0.15, 0.2) is 12.2 Å². The van der Waals surface area contributed by atoms with Gasteiger partial charge in [-0.3, -0.25) is 4.79 Å². The molecule has 0 saturated carbocycles. The summed E-state index contributed by atoms with van der Waals surface area (Å²) >= 11 is 0. The molecule has 1 aliphatic heterocycles. The van der Waals surface area contributed by atoms with Gasteiger partial charge in [-0.1, -0.05) is 244 Å². The summed E-state index contributed by atoms with van der Waals surface area (Å²) < 4.78 is 11.1. The van der Waals surface area contributed by atoms with Crippen LogP contribution in [0.3, 0.4) is 0 Å². The molecule has 1 rings (SSSR count). The minimum Gasteiger partial charge on any atom is -0.394 e. The molecule has 0 aromatic heterocycles. The number of rotatable bonds is 49. The molecule has 1 heterocycles. The summed E-state index contributed by atoms with van der Waals surface area (Å²) in [4.78, 5) is 13.2. The minimum atomic E-state index is -1.66. The van der Waals surface area contributed by atoms with Gasteiger partial charge in [0.25, 0.3) is 0 Å². The van der Waals surface area contributed by atoms with Crippen LogP contribution in [-0.4, -0.2) is 110 Å². The Hall–Kier alpha value is -1.15. The van der Waals surface area contributed by atoms with E-state index in [4.69, 9.17) is 9.47 Å². The highest BCUT2D eigenvalue weighted by Crippen LogP contribution is 2.23. The molecule has 1 amide bonds. The second-order valence-electron chi connectivity index (χ2n) is 20.4. The van der Waals surface area contributed by atoms with Crippen LogP contribution in [0, 0.1) is 0 Å². The molecule has 0 radical (unpaired) electrons. The van der Waals surface area contributed by atoms with Gasteiger partial charge in [0.1, 0.15) is 36.6 Å². The van der Waals surface area contributed by atoms with Gasteiger partial charge in [-0.2, -0.15) is 0 Å². The predicted octanol–water partition coefficient (Wildman–Crippen LogP) is 11.6. The quantitative estimate of drug-likeness (QED) is 0.0215. The molecule has 11 nitrogen and oxygen atoms in total. The first-order chi connectivity index (χ1) is 32.7. The van der Waals surface area contributed by atoms with Crippen molar-refractivity contribution in [3.8, 4) is 0 Å². The second kappa shape index (κ2) is 46.0. The average Bonchev–Trinajstić information content (AvgIpc) is 3.33. The fourth-order valence-electron chi connectivity index (χ4n) is 9.39. The van der Waals surface area contributed by atoms with E-state index in [0.717, 1.165) is 38.5 Å². The van der Waals surface area contributed by atoms with Crippen molar-refractivity contribution in [1.82, 2.24) is 5.32 Å². The molecule has 9 atom stereocenters. The average molecular weight is 956 g/mol. The van der Waals surface area contributed by atoms with Gasteiger partial charge >= 0.3 is 0 Å². The van der Waals surface area contributed by atoms with Crippen molar-refractivity contribution < 1.29 is 50.0 Å². The number of ether oxygens (including phenoxy) is 2. The topological polar surface area (TPSA) is 189 Å². The summed E-state index contributed by atoms with van der Waals surface area (Å²) in [5, 5.41) is 76.1.